The lowest BCUT2D eigenvalue weighted by molar-refractivity contribution is -0.384. The summed E-state index contributed by atoms with van der Waals surface area (Å²) in [5.74, 6) is -0.113. The summed E-state index contributed by atoms with van der Waals surface area (Å²) >= 11 is 0. The van der Waals surface area contributed by atoms with E-state index in [0.717, 1.165) is 0 Å². The van der Waals surface area contributed by atoms with Crippen LogP contribution in [0.15, 0.2) is 24.3 Å². The van der Waals surface area contributed by atoms with Crippen molar-refractivity contribution < 1.29 is 13.3 Å². The van der Waals surface area contributed by atoms with Crippen LogP contribution in [0.1, 0.15) is 5.56 Å². The molecule has 1 aromatic carbocycles. The Morgan fingerprint density at radius 2 is 1.77 bits per heavy atom. The van der Waals surface area contributed by atoms with Crippen molar-refractivity contribution in [1.82, 2.24) is 0 Å². The molecule has 1 radical (unpaired) electrons. The zero-order valence-corrected chi connectivity index (χ0v) is 7.32. The van der Waals surface area contributed by atoms with E-state index in [9.17, 15) is 18.5 Å². The zero-order valence-electron chi connectivity index (χ0n) is 6.50. The number of rotatable bonds is 3. The van der Waals surface area contributed by atoms with E-state index in [1.165, 1.54) is 24.3 Å². The summed E-state index contributed by atoms with van der Waals surface area (Å²) in [4.78, 5) is 9.69. The molecule has 69 valence electrons. The molecular weight excluding hydrogens is 194 g/mol. The molecular formula is C7H6NO4S. The first-order chi connectivity index (χ1) is 6.09. The first-order valence-corrected chi connectivity index (χ1v) is 4.63. The third-order valence-corrected chi connectivity index (χ3v) is 2.00. The molecule has 0 unspecified atom stereocenters. The minimum Gasteiger partial charge on any atom is -0.258 e. The Morgan fingerprint density at radius 3 is 2.15 bits per heavy atom. The topological polar surface area (TPSA) is 77.3 Å². The molecule has 0 saturated heterocycles. The van der Waals surface area contributed by atoms with E-state index in [2.05, 4.69) is 0 Å². The standard InChI is InChI=1S/C7H6NO4S/c9-8(10)7-3-1-6(2-4-7)5-13(11)12/h1-4H,5H2. The summed E-state index contributed by atoms with van der Waals surface area (Å²) in [5.41, 5.74) is 0.499. The van der Waals surface area contributed by atoms with E-state index in [0.29, 0.717) is 5.56 Å². The van der Waals surface area contributed by atoms with Crippen LogP contribution in [0.4, 0.5) is 5.69 Å². The van der Waals surface area contributed by atoms with Crippen molar-refractivity contribution >= 4 is 16.4 Å². The number of nitro groups is 1. The fraction of sp³-hybridized carbons (Fsp3) is 0.143. The number of non-ortho nitro benzene ring substituents is 1. The maximum atomic E-state index is 10.3. The van der Waals surface area contributed by atoms with E-state index in [1.54, 1.807) is 0 Å². The molecule has 0 bridgehead atoms. The molecule has 0 heterocycles. The number of hydrogen-bond acceptors (Lipinski definition) is 4. The van der Waals surface area contributed by atoms with Gasteiger partial charge in [-0.25, -0.2) is 0 Å². The SMILES string of the molecule is O=[N+]([O-])c1ccc(C[S](=O)=O)cc1. The van der Waals surface area contributed by atoms with Crippen molar-refractivity contribution in [3.05, 3.63) is 39.9 Å². The quantitative estimate of drug-likeness (QED) is 0.538. The van der Waals surface area contributed by atoms with E-state index < -0.39 is 15.6 Å². The van der Waals surface area contributed by atoms with Gasteiger partial charge in [-0.1, -0.05) is 12.1 Å². The summed E-state index contributed by atoms with van der Waals surface area (Å²) < 4.78 is 20.5. The second-order valence-electron chi connectivity index (χ2n) is 2.37. The van der Waals surface area contributed by atoms with Gasteiger partial charge in [-0.15, -0.1) is 0 Å². The first kappa shape index (κ1) is 9.53. The van der Waals surface area contributed by atoms with Crippen molar-refractivity contribution in [3.8, 4) is 0 Å². The minimum absolute atomic E-state index is 0.0413. The van der Waals surface area contributed by atoms with E-state index in [4.69, 9.17) is 0 Å². The number of nitro benzene ring substituents is 1. The Hall–Kier alpha value is -1.56. The highest BCUT2D eigenvalue weighted by molar-refractivity contribution is 7.71. The van der Waals surface area contributed by atoms with Gasteiger partial charge in [0.2, 0.25) is 0 Å². The lowest BCUT2D eigenvalue weighted by atomic mass is 10.2. The van der Waals surface area contributed by atoms with Crippen molar-refractivity contribution in [3.63, 3.8) is 0 Å². The summed E-state index contributed by atoms with van der Waals surface area (Å²) in [6.45, 7) is 0. The predicted octanol–water partition coefficient (Wildman–Crippen LogP) is 0.974. The van der Waals surface area contributed by atoms with Crippen LogP contribution < -0.4 is 0 Å². The number of benzene rings is 1. The predicted molar refractivity (Wildman–Crippen MR) is 45.7 cm³/mol. The van der Waals surface area contributed by atoms with Crippen LogP contribution in [0.5, 0.6) is 0 Å². The molecule has 13 heavy (non-hydrogen) atoms. The highest BCUT2D eigenvalue weighted by Gasteiger charge is 2.04. The molecule has 0 amide bonds. The molecule has 0 spiro atoms. The normalized spacial score (nSPS) is 9.54. The van der Waals surface area contributed by atoms with Gasteiger partial charge in [-0.2, -0.15) is 8.42 Å². The fourth-order valence-electron chi connectivity index (χ4n) is 0.850. The Balaban J connectivity index is 2.87. The maximum Gasteiger partial charge on any atom is 0.269 e. The van der Waals surface area contributed by atoms with Gasteiger partial charge >= 0.3 is 0 Å². The lowest BCUT2D eigenvalue weighted by Crippen LogP contribution is -1.90. The molecule has 5 nitrogen and oxygen atoms in total. The molecule has 1 aromatic rings. The molecule has 6 heteroatoms. The average molecular weight is 200 g/mol. The monoisotopic (exact) mass is 200 g/mol. The first-order valence-electron chi connectivity index (χ1n) is 3.39. The van der Waals surface area contributed by atoms with E-state index in [-0.39, 0.29) is 11.4 Å². The summed E-state index contributed by atoms with van der Waals surface area (Å²) in [6, 6.07) is 5.41. The second kappa shape index (κ2) is 3.90. The van der Waals surface area contributed by atoms with Crippen LogP contribution in [-0.2, 0) is 16.5 Å². The Kier molecular flexibility index (Phi) is 2.86. The molecule has 1 rings (SSSR count). The molecule has 0 saturated carbocycles. The Bertz CT molecular complexity index is 374. The van der Waals surface area contributed by atoms with Crippen LogP contribution in [0.2, 0.25) is 0 Å². The summed E-state index contributed by atoms with van der Waals surface area (Å²) in [6.07, 6.45) is 0. The smallest absolute Gasteiger partial charge is 0.258 e. The van der Waals surface area contributed by atoms with Gasteiger partial charge in [-0.05, 0) is 5.56 Å². The minimum atomic E-state index is -2.15. The molecule has 0 atom stereocenters. The second-order valence-corrected chi connectivity index (χ2v) is 3.27. The molecule has 0 N–H and O–H groups in total. The van der Waals surface area contributed by atoms with Crippen LogP contribution in [-0.4, -0.2) is 13.3 Å². The van der Waals surface area contributed by atoms with Gasteiger partial charge in [0.15, 0.2) is 10.7 Å². The third-order valence-electron chi connectivity index (χ3n) is 1.43. The van der Waals surface area contributed by atoms with Gasteiger partial charge < -0.3 is 0 Å². The highest BCUT2D eigenvalue weighted by atomic mass is 32.2. The summed E-state index contributed by atoms with van der Waals surface area (Å²) in [7, 11) is -2.15. The van der Waals surface area contributed by atoms with Crippen molar-refractivity contribution in [2.75, 3.05) is 0 Å². The summed E-state index contributed by atoms with van der Waals surface area (Å²) in [5, 5.41) is 10.2. The van der Waals surface area contributed by atoms with Crippen LogP contribution in [0, 0.1) is 10.1 Å². The molecule has 0 aliphatic heterocycles. The molecule has 0 aliphatic rings. The van der Waals surface area contributed by atoms with Gasteiger partial charge in [-0.3, -0.25) is 10.1 Å². The van der Waals surface area contributed by atoms with Crippen molar-refractivity contribution in [2.24, 2.45) is 0 Å². The van der Waals surface area contributed by atoms with Gasteiger partial charge in [0.25, 0.3) is 5.69 Å². The highest BCUT2D eigenvalue weighted by Crippen LogP contribution is 2.11. The van der Waals surface area contributed by atoms with E-state index in [1.807, 2.05) is 0 Å². The lowest BCUT2D eigenvalue weighted by Gasteiger charge is -1.93. The Labute approximate surface area is 76.1 Å². The van der Waals surface area contributed by atoms with Crippen LogP contribution >= 0.6 is 0 Å². The average Bonchev–Trinajstić information content (AvgIpc) is 2.04. The van der Waals surface area contributed by atoms with Crippen LogP contribution in [0.25, 0.3) is 0 Å². The van der Waals surface area contributed by atoms with Gasteiger partial charge in [0.1, 0.15) is 0 Å². The van der Waals surface area contributed by atoms with E-state index >= 15 is 0 Å². The number of hydrogen-bond donors (Lipinski definition) is 0. The molecule has 0 fully saturated rings. The molecule has 0 aromatic heterocycles. The fourth-order valence-corrected chi connectivity index (χ4v) is 1.31. The zero-order chi connectivity index (χ0) is 9.84. The Morgan fingerprint density at radius 1 is 1.23 bits per heavy atom. The van der Waals surface area contributed by atoms with Crippen LogP contribution in [0.3, 0.4) is 0 Å². The van der Waals surface area contributed by atoms with Gasteiger partial charge in [0, 0.05) is 12.1 Å². The van der Waals surface area contributed by atoms with Gasteiger partial charge in [0.05, 0.1) is 10.7 Å². The molecule has 0 aliphatic carbocycles. The van der Waals surface area contributed by atoms with Crippen molar-refractivity contribution in [1.29, 1.82) is 0 Å². The maximum absolute atomic E-state index is 10.3. The number of nitrogens with zero attached hydrogens (tertiary/aromatic N) is 1. The largest absolute Gasteiger partial charge is 0.269 e. The van der Waals surface area contributed by atoms with Crippen molar-refractivity contribution in [2.45, 2.75) is 5.75 Å². The third kappa shape index (κ3) is 2.75.